The summed E-state index contributed by atoms with van der Waals surface area (Å²) in [6.07, 6.45) is 3.92. The Morgan fingerprint density at radius 2 is 1.00 bits per heavy atom. The van der Waals surface area contributed by atoms with Crippen LogP contribution in [0.5, 0.6) is 28.7 Å². The highest BCUT2D eigenvalue weighted by Crippen LogP contribution is 2.49. The van der Waals surface area contributed by atoms with Crippen LogP contribution in [0.1, 0.15) is 22.3 Å². The Bertz CT molecular complexity index is 2080. The fourth-order valence-corrected chi connectivity index (χ4v) is 6.07. The van der Waals surface area contributed by atoms with Crippen molar-refractivity contribution in [2.24, 2.45) is 0 Å². The maximum absolute atomic E-state index is 10.1. The van der Waals surface area contributed by atoms with Crippen LogP contribution in [0.4, 0.5) is 17.1 Å². The van der Waals surface area contributed by atoms with E-state index in [0.717, 1.165) is 61.9 Å². The number of rotatable bonds is 10. The first kappa shape index (κ1) is 32.3. The molecule has 5 aromatic rings. The second-order valence-electron chi connectivity index (χ2n) is 11.0. The first-order valence-electron chi connectivity index (χ1n) is 15.4. The van der Waals surface area contributed by atoms with E-state index < -0.39 is 0 Å². The Balaban J connectivity index is 1.45. The Labute approximate surface area is 285 Å². The summed E-state index contributed by atoms with van der Waals surface area (Å²) >= 11 is 0. The van der Waals surface area contributed by atoms with Crippen LogP contribution in [0, 0.1) is 22.7 Å². The molecule has 0 aliphatic heterocycles. The van der Waals surface area contributed by atoms with Gasteiger partial charge in [-0.05, 0) is 112 Å². The zero-order valence-electron chi connectivity index (χ0n) is 27.8. The van der Waals surface area contributed by atoms with E-state index in [1.807, 2.05) is 103 Å². The monoisotopic (exact) mass is 647 g/mol. The third-order valence-electron chi connectivity index (χ3n) is 8.42. The van der Waals surface area contributed by atoms with Crippen LogP contribution in [-0.4, -0.2) is 35.5 Å². The standard InChI is InChI=1S/C41H33N3O5/c1-45-32-14-9-29(10-15-32)44(30-11-16-33(46-2)17-12-30)31-13-19-35-34-18-8-26(20-36(34)40(37(35)23-31)28(24-42)25-43)6-7-27-21-38(47-3)41(49-5)39(22-27)48-4/h6-23H,1-5H3/b7-6+. The molecular weight excluding hydrogens is 614 g/mol. The largest absolute Gasteiger partial charge is 0.497 e. The third kappa shape index (κ3) is 6.12. The first-order valence-corrected chi connectivity index (χ1v) is 15.4. The average Bonchev–Trinajstić information content (AvgIpc) is 3.47. The van der Waals surface area contributed by atoms with E-state index >= 15 is 0 Å². The summed E-state index contributed by atoms with van der Waals surface area (Å²) in [4.78, 5) is 2.11. The predicted octanol–water partition coefficient (Wildman–Crippen LogP) is 9.20. The molecule has 0 radical (unpaired) electrons. The van der Waals surface area contributed by atoms with Gasteiger partial charge in [-0.15, -0.1) is 0 Å². The van der Waals surface area contributed by atoms with Gasteiger partial charge in [0.15, 0.2) is 11.5 Å². The van der Waals surface area contributed by atoms with Crippen molar-refractivity contribution < 1.29 is 23.7 Å². The average molecular weight is 648 g/mol. The molecule has 0 aromatic heterocycles. The van der Waals surface area contributed by atoms with E-state index in [2.05, 4.69) is 23.1 Å². The lowest BCUT2D eigenvalue weighted by Crippen LogP contribution is -2.10. The number of hydrogen-bond acceptors (Lipinski definition) is 8. The van der Waals surface area contributed by atoms with Gasteiger partial charge in [0.2, 0.25) is 5.75 Å². The molecule has 0 fully saturated rings. The van der Waals surface area contributed by atoms with Gasteiger partial charge in [0, 0.05) is 22.6 Å². The molecule has 1 aliphatic carbocycles. The molecular formula is C41H33N3O5. The topological polar surface area (TPSA) is 97.0 Å². The summed E-state index contributed by atoms with van der Waals surface area (Å²) in [5.74, 6) is 3.12. The zero-order chi connectivity index (χ0) is 34.5. The second-order valence-corrected chi connectivity index (χ2v) is 11.0. The molecule has 242 valence electrons. The molecule has 0 saturated heterocycles. The van der Waals surface area contributed by atoms with Crippen LogP contribution in [0.25, 0.3) is 28.9 Å². The first-order chi connectivity index (χ1) is 24.0. The summed E-state index contributed by atoms with van der Waals surface area (Å²) < 4.78 is 27.3. The van der Waals surface area contributed by atoms with Crippen molar-refractivity contribution >= 4 is 34.8 Å². The molecule has 0 spiro atoms. The van der Waals surface area contributed by atoms with E-state index in [0.29, 0.717) is 22.8 Å². The molecule has 0 bridgehead atoms. The number of ether oxygens (including phenoxy) is 5. The molecule has 8 heteroatoms. The van der Waals surface area contributed by atoms with Crippen LogP contribution < -0.4 is 28.6 Å². The molecule has 49 heavy (non-hydrogen) atoms. The van der Waals surface area contributed by atoms with Crippen molar-refractivity contribution in [1.82, 2.24) is 0 Å². The van der Waals surface area contributed by atoms with E-state index in [9.17, 15) is 10.5 Å². The number of nitriles is 2. The summed E-state index contributed by atoms with van der Waals surface area (Å²) in [7, 11) is 8.01. The molecule has 6 rings (SSSR count). The van der Waals surface area contributed by atoms with Crippen molar-refractivity contribution in [3.05, 3.63) is 125 Å². The lowest BCUT2D eigenvalue weighted by Gasteiger charge is -2.26. The summed E-state index contributed by atoms with van der Waals surface area (Å²) in [5.41, 5.74) is 8.59. The Morgan fingerprint density at radius 3 is 1.49 bits per heavy atom. The van der Waals surface area contributed by atoms with Crippen molar-refractivity contribution in [2.75, 3.05) is 40.4 Å². The fourth-order valence-electron chi connectivity index (χ4n) is 6.07. The van der Waals surface area contributed by atoms with Gasteiger partial charge in [-0.25, -0.2) is 0 Å². The van der Waals surface area contributed by atoms with Gasteiger partial charge in [-0.3, -0.25) is 0 Å². The fraction of sp³-hybridized carbons (Fsp3) is 0.122. The zero-order valence-corrected chi connectivity index (χ0v) is 27.8. The maximum Gasteiger partial charge on any atom is 0.203 e. The number of fused-ring (bicyclic) bond motifs is 3. The number of anilines is 3. The van der Waals surface area contributed by atoms with Gasteiger partial charge in [0.05, 0.1) is 35.5 Å². The maximum atomic E-state index is 10.1. The van der Waals surface area contributed by atoms with E-state index in [-0.39, 0.29) is 5.57 Å². The van der Waals surface area contributed by atoms with Gasteiger partial charge in [-0.1, -0.05) is 30.4 Å². The molecule has 0 heterocycles. The molecule has 0 N–H and O–H groups in total. The summed E-state index contributed by atoms with van der Waals surface area (Å²) in [6, 6.07) is 35.9. The van der Waals surface area contributed by atoms with Gasteiger partial charge in [-0.2, -0.15) is 10.5 Å². The van der Waals surface area contributed by atoms with E-state index in [4.69, 9.17) is 23.7 Å². The Hall–Kier alpha value is -6.64. The van der Waals surface area contributed by atoms with E-state index in [1.54, 1.807) is 35.5 Å². The van der Waals surface area contributed by atoms with Gasteiger partial charge < -0.3 is 28.6 Å². The lowest BCUT2D eigenvalue weighted by molar-refractivity contribution is 0.324. The van der Waals surface area contributed by atoms with Crippen molar-refractivity contribution in [3.8, 4) is 52.0 Å². The lowest BCUT2D eigenvalue weighted by atomic mass is 9.97. The Morgan fingerprint density at radius 1 is 0.510 bits per heavy atom. The van der Waals surface area contributed by atoms with Gasteiger partial charge >= 0.3 is 0 Å². The molecule has 5 aromatic carbocycles. The highest BCUT2D eigenvalue weighted by atomic mass is 16.5. The van der Waals surface area contributed by atoms with Crippen LogP contribution in [0.2, 0.25) is 0 Å². The van der Waals surface area contributed by atoms with Gasteiger partial charge in [0.25, 0.3) is 0 Å². The second kappa shape index (κ2) is 14.0. The van der Waals surface area contributed by atoms with Crippen molar-refractivity contribution in [1.29, 1.82) is 10.5 Å². The quantitative estimate of drug-likeness (QED) is 0.107. The highest BCUT2D eigenvalue weighted by Gasteiger charge is 2.28. The van der Waals surface area contributed by atoms with E-state index in [1.165, 1.54) is 0 Å². The summed E-state index contributed by atoms with van der Waals surface area (Å²) in [6.45, 7) is 0. The molecule has 0 atom stereocenters. The highest BCUT2D eigenvalue weighted by molar-refractivity contribution is 6.05. The number of hydrogen-bond donors (Lipinski definition) is 0. The minimum atomic E-state index is 0.0448. The van der Waals surface area contributed by atoms with Crippen LogP contribution in [-0.2, 0) is 0 Å². The van der Waals surface area contributed by atoms with Gasteiger partial charge in [0.1, 0.15) is 29.2 Å². The smallest absolute Gasteiger partial charge is 0.203 e. The Kier molecular flexibility index (Phi) is 9.23. The molecule has 1 aliphatic rings. The van der Waals surface area contributed by atoms with Crippen molar-refractivity contribution in [3.63, 3.8) is 0 Å². The number of benzene rings is 5. The van der Waals surface area contributed by atoms with Crippen LogP contribution in [0.3, 0.4) is 0 Å². The molecule has 8 nitrogen and oxygen atoms in total. The SMILES string of the molecule is COc1ccc(N(c2ccc(OC)cc2)c2ccc3c(c2)C(=C(C#N)C#N)c2cc(/C=C/c4cc(OC)c(OC)c(OC)c4)ccc2-3)cc1. The predicted molar refractivity (Wildman–Crippen MR) is 192 cm³/mol. The summed E-state index contributed by atoms with van der Waals surface area (Å²) in [5, 5.41) is 20.2. The van der Waals surface area contributed by atoms with Crippen LogP contribution in [0.15, 0.2) is 103 Å². The van der Waals surface area contributed by atoms with Crippen LogP contribution >= 0.6 is 0 Å². The molecule has 0 saturated carbocycles. The number of nitrogens with zero attached hydrogens (tertiary/aromatic N) is 3. The minimum absolute atomic E-state index is 0.0448. The van der Waals surface area contributed by atoms with Crippen molar-refractivity contribution in [2.45, 2.75) is 0 Å². The molecule has 0 amide bonds. The normalized spacial score (nSPS) is 11.2. The minimum Gasteiger partial charge on any atom is -0.497 e. The number of methoxy groups -OCH3 is 5. The third-order valence-corrected chi connectivity index (χ3v) is 8.42. The number of allylic oxidation sites excluding steroid dienone is 1. The molecule has 0 unspecified atom stereocenters.